The Morgan fingerprint density at radius 3 is 1.53 bits per heavy atom. The fourth-order valence-corrected chi connectivity index (χ4v) is 4.67. The van der Waals surface area contributed by atoms with E-state index in [0.717, 1.165) is 51.4 Å². The van der Waals surface area contributed by atoms with Crippen molar-refractivity contribution < 1.29 is 52.2 Å². The number of rotatable bonds is 30. The number of amides is 1. The van der Waals surface area contributed by atoms with Crippen LogP contribution in [0.3, 0.4) is 0 Å². The first kappa shape index (κ1) is 40.4. The molecule has 1 fully saturated rings. The van der Waals surface area contributed by atoms with Gasteiger partial charge in [0.2, 0.25) is 5.91 Å². The normalized spacial score (nSPS) is 22.2. The summed E-state index contributed by atoms with van der Waals surface area (Å²) in [5.41, 5.74) is 0. The lowest BCUT2D eigenvalue weighted by Crippen LogP contribution is -2.62. The molecule has 0 spiro atoms. The summed E-state index contributed by atoms with van der Waals surface area (Å²) < 4.78 is 61.3. The summed E-state index contributed by atoms with van der Waals surface area (Å²) in [6.45, 7) is 5.43. The molecule has 5 unspecified atom stereocenters. The van der Waals surface area contributed by atoms with Gasteiger partial charge < -0.3 is 52.1 Å². The number of methoxy groups -OCH3 is 4. The van der Waals surface area contributed by atoms with Gasteiger partial charge in [0.1, 0.15) is 24.4 Å². The molecule has 0 aromatic carbocycles. The van der Waals surface area contributed by atoms with Gasteiger partial charge in [-0.15, -0.1) is 0 Å². The predicted octanol–water partition coefficient (Wildman–Crippen LogP) is 3.35. The molecule has 1 rings (SSSR count). The second-order valence-corrected chi connectivity index (χ2v) is 10.7. The minimum absolute atomic E-state index is 0.165. The topological polar surface area (TPSA) is 121 Å². The highest BCUT2D eigenvalue weighted by Gasteiger charge is 2.48. The van der Waals surface area contributed by atoms with E-state index in [2.05, 4.69) is 17.5 Å². The fraction of sp³-hybridized carbons (Fsp3) is 0.967. The lowest BCUT2D eigenvalue weighted by molar-refractivity contribution is -0.323. The molecule has 1 heterocycles. The summed E-state index contributed by atoms with van der Waals surface area (Å²) in [6.07, 6.45) is 5.15. The van der Waals surface area contributed by atoms with E-state index >= 15 is 0 Å². The maximum Gasteiger partial charge on any atom is 0.229 e. The maximum atomic E-state index is 11.7. The second kappa shape index (κ2) is 28.9. The van der Waals surface area contributed by atoms with E-state index in [-0.39, 0.29) is 5.91 Å². The van der Waals surface area contributed by atoms with Gasteiger partial charge in [-0.1, -0.05) is 12.8 Å². The molecular weight excluding hydrogens is 582 g/mol. The summed E-state index contributed by atoms with van der Waals surface area (Å²) in [7, 11) is 6.78. The average Bonchev–Trinajstić information content (AvgIpc) is 3.02. The summed E-state index contributed by atoms with van der Waals surface area (Å²) in [6, 6.07) is 0. The summed E-state index contributed by atoms with van der Waals surface area (Å²) >= 11 is 3.83. The highest BCUT2D eigenvalue weighted by Crippen LogP contribution is 2.30. The largest absolute Gasteiger partial charge is 0.385 e. The highest BCUT2D eigenvalue weighted by molar-refractivity contribution is 7.78. The van der Waals surface area contributed by atoms with Gasteiger partial charge in [0.15, 0.2) is 6.29 Å². The van der Waals surface area contributed by atoms with Gasteiger partial charge in [0, 0.05) is 87.7 Å². The first-order valence-corrected chi connectivity index (χ1v) is 16.2. The van der Waals surface area contributed by atoms with Gasteiger partial charge >= 0.3 is 0 Å². The Labute approximate surface area is 264 Å². The molecule has 0 aromatic heterocycles. The van der Waals surface area contributed by atoms with Crippen LogP contribution < -0.4 is 4.72 Å². The van der Waals surface area contributed by atoms with Crippen LogP contribution in [0.15, 0.2) is 0 Å². The third-order valence-electron chi connectivity index (χ3n) is 6.87. The molecule has 1 aliphatic rings. The number of hydrogen-bond acceptors (Lipinski definition) is 12. The second-order valence-electron chi connectivity index (χ2n) is 10.4. The summed E-state index contributed by atoms with van der Waals surface area (Å²) in [4.78, 5) is 11.7. The van der Waals surface area contributed by atoms with Gasteiger partial charge in [0.05, 0.1) is 13.2 Å². The van der Waals surface area contributed by atoms with Crippen molar-refractivity contribution >= 4 is 18.7 Å². The molecule has 43 heavy (non-hydrogen) atoms. The monoisotopic (exact) mass is 641 g/mol. The van der Waals surface area contributed by atoms with Crippen molar-refractivity contribution in [3.8, 4) is 0 Å². The van der Waals surface area contributed by atoms with Crippen molar-refractivity contribution in [1.29, 1.82) is 0 Å². The molecule has 1 amide bonds. The third-order valence-corrected chi connectivity index (χ3v) is 7.12. The summed E-state index contributed by atoms with van der Waals surface area (Å²) in [5, 5.41) is 0. The predicted molar refractivity (Wildman–Crippen MR) is 165 cm³/mol. The van der Waals surface area contributed by atoms with Gasteiger partial charge in [-0.25, -0.2) is 0 Å². The molecule has 1 N–H and O–H groups in total. The zero-order chi connectivity index (χ0) is 31.4. The van der Waals surface area contributed by atoms with E-state index in [0.29, 0.717) is 78.9 Å². The molecule has 0 bridgehead atoms. The van der Waals surface area contributed by atoms with E-state index in [4.69, 9.17) is 47.4 Å². The quantitative estimate of drug-likeness (QED) is 0.0888. The number of carbonyl (C=O) groups excluding carboxylic acids is 1. The standard InChI is InChI=1S/C30H59NO11S/c1-33-15-5-9-19-37-24-25-27(38-20-10-6-16-34-2)28(39-21-11-7-17-35-3)29(40-22-12-8-18-36-4)30(42-25)41-23-13-14-26(32)31-43/h25,27-30,43H,5-24H2,1-4H3,(H,31,32). The maximum absolute atomic E-state index is 11.7. The van der Waals surface area contributed by atoms with Crippen molar-refractivity contribution in [2.24, 2.45) is 0 Å². The van der Waals surface area contributed by atoms with Crippen molar-refractivity contribution in [2.45, 2.75) is 94.9 Å². The Morgan fingerprint density at radius 1 is 0.581 bits per heavy atom. The van der Waals surface area contributed by atoms with E-state index in [1.807, 2.05) is 0 Å². The van der Waals surface area contributed by atoms with Crippen LogP contribution in [0.4, 0.5) is 0 Å². The van der Waals surface area contributed by atoms with E-state index in [1.165, 1.54) is 0 Å². The summed E-state index contributed by atoms with van der Waals surface area (Å²) in [5.74, 6) is -0.165. The van der Waals surface area contributed by atoms with Crippen molar-refractivity contribution in [2.75, 3.05) is 94.5 Å². The Morgan fingerprint density at radius 2 is 1.02 bits per heavy atom. The van der Waals surface area contributed by atoms with Crippen LogP contribution in [-0.4, -0.2) is 131 Å². The SMILES string of the molecule is COCCCCOCC1OC(OCCCC(=O)NS)C(OCCCCOC)C(OCCCCOC)C1OCCCCOC. The van der Waals surface area contributed by atoms with Crippen LogP contribution in [0, 0.1) is 0 Å². The molecule has 256 valence electrons. The molecule has 0 saturated carbocycles. The number of ether oxygens (including phenoxy) is 10. The van der Waals surface area contributed by atoms with Crippen LogP contribution in [0.2, 0.25) is 0 Å². The first-order valence-electron chi connectivity index (χ1n) is 15.7. The third kappa shape index (κ3) is 19.5. The molecule has 1 saturated heterocycles. The number of unbranched alkanes of at least 4 members (excludes halogenated alkanes) is 4. The van der Waals surface area contributed by atoms with Gasteiger partial charge in [0.25, 0.3) is 0 Å². The number of carbonyl (C=O) groups is 1. The lowest BCUT2D eigenvalue weighted by atomic mass is 9.98. The van der Waals surface area contributed by atoms with E-state index in [9.17, 15) is 4.79 Å². The Kier molecular flexibility index (Phi) is 27.1. The number of hydrogen-bond donors (Lipinski definition) is 2. The van der Waals surface area contributed by atoms with Crippen LogP contribution >= 0.6 is 12.8 Å². The molecule has 5 atom stereocenters. The lowest BCUT2D eigenvalue weighted by Gasteiger charge is -2.46. The number of nitrogens with one attached hydrogen (secondary N) is 1. The molecule has 0 radical (unpaired) electrons. The first-order chi connectivity index (χ1) is 21.1. The molecule has 0 aromatic rings. The molecule has 12 nitrogen and oxygen atoms in total. The zero-order valence-electron chi connectivity index (χ0n) is 27.0. The van der Waals surface area contributed by atoms with Gasteiger partial charge in [-0.3, -0.25) is 4.79 Å². The Bertz CT molecular complexity index is 637. The van der Waals surface area contributed by atoms with Crippen LogP contribution in [0.5, 0.6) is 0 Å². The van der Waals surface area contributed by atoms with E-state index < -0.39 is 30.7 Å². The smallest absolute Gasteiger partial charge is 0.229 e. The average molecular weight is 642 g/mol. The van der Waals surface area contributed by atoms with Crippen LogP contribution in [0.25, 0.3) is 0 Å². The van der Waals surface area contributed by atoms with Gasteiger partial charge in [-0.2, -0.15) is 0 Å². The molecule has 1 aliphatic heterocycles. The van der Waals surface area contributed by atoms with Crippen molar-refractivity contribution in [1.82, 2.24) is 4.72 Å². The van der Waals surface area contributed by atoms with E-state index in [1.54, 1.807) is 28.4 Å². The molecule has 0 aliphatic carbocycles. The Hall–Kier alpha value is -0.580. The highest BCUT2D eigenvalue weighted by atomic mass is 32.1. The number of thiol groups is 1. The Balaban J connectivity index is 3.10. The van der Waals surface area contributed by atoms with Gasteiger partial charge in [-0.05, 0) is 57.8 Å². The zero-order valence-corrected chi connectivity index (χ0v) is 27.9. The molecule has 13 heteroatoms. The molecular formula is C30H59NO11S. The minimum atomic E-state index is -0.721. The van der Waals surface area contributed by atoms with Crippen LogP contribution in [0.1, 0.15) is 64.2 Å². The fourth-order valence-electron chi connectivity index (χ4n) is 4.56. The van der Waals surface area contributed by atoms with Crippen molar-refractivity contribution in [3.05, 3.63) is 0 Å². The van der Waals surface area contributed by atoms with Crippen molar-refractivity contribution in [3.63, 3.8) is 0 Å². The minimum Gasteiger partial charge on any atom is -0.385 e. The van der Waals surface area contributed by atoms with Crippen LogP contribution in [-0.2, 0) is 52.2 Å².